The smallest absolute Gasteiger partial charge is 0.222 e. The van der Waals surface area contributed by atoms with Crippen LogP contribution in [0.4, 0.5) is 8.78 Å². The molecule has 0 amide bonds. The molecule has 0 atom stereocenters. The van der Waals surface area contributed by atoms with Gasteiger partial charge in [-0.2, -0.15) is 18.4 Å². The zero-order valence-corrected chi connectivity index (χ0v) is 9.49. The van der Waals surface area contributed by atoms with Crippen molar-refractivity contribution in [1.29, 1.82) is 5.26 Å². The summed E-state index contributed by atoms with van der Waals surface area (Å²) in [5, 5.41) is 9.58. The van der Waals surface area contributed by atoms with E-state index in [4.69, 9.17) is 5.26 Å². The largest absolute Gasteiger partial charge is 0.266 e. The van der Waals surface area contributed by atoms with E-state index in [1.807, 2.05) is 0 Å². The lowest BCUT2D eigenvalue weighted by molar-refractivity contribution is 0.418. The quantitative estimate of drug-likeness (QED) is 0.833. The Kier molecular flexibility index (Phi) is 4.09. The van der Waals surface area contributed by atoms with Gasteiger partial charge in [-0.05, 0) is 24.0 Å². The summed E-state index contributed by atoms with van der Waals surface area (Å²) in [5.74, 6) is -0.483. The number of aromatic nitrogens is 1. The number of halogens is 2. The van der Waals surface area contributed by atoms with Crippen LogP contribution in [0.25, 0.3) is 0 Å². The van der Waals surface area contributed by atoms with Crippen molar-refractivity contribution in [1.82, 2.24) is 4.37 Å². The van der Waals surface area contributed by atoms with E-state index in [-0.39, 0.29) is 17.0 Å². The van der Waals surface area contributed by atoms with Gasteiger partial charge in [0.2, 0.25) is 0 Å². The summed E-state index contributed by atoms with van der Waals surface area (Å²) in [6.07, 6.45) is -1.70. The molecule has 0 fully saturated rings. The SMILES string of the molecule is N#Cc1csnc1S(=O)(=O)CCC=C(F)F. The molecule has 0 saturated heterocycles. The zero-order valence-electron chi connectivity index (χ0n) is 7.85. The highest BCUT2D eigenvalue weighted by Gasteiger charge is 2.21. The highest BCUT2D eigenvalue weighted by atomic mass is 32.2. The molecule has 0 aliphatic carbocycles. The van der Waals surface area contributed by atoms with E-state index in [0.717, 1.165) is 11.5 Å². The Balaban J connectivity index is 2.88. The summed E-state index contributed by atoms with van der Waals surface area (Å²) < 4.78 is 50.1. The Morgan fingerprint density at radius 3 is 2.88 bits per heavy atom. The molecule has 0 spiro atoms. The number of nitriles is 1. The summed E-state index contributed by atoms with van der Waals surface area (Å²) in [7, 11) is -3.76. The number of hydrogen-bond donors (Lipinski definition) is 0. The molecule has 0 bridgehead atoms. The molecule has 1 heterocycles. The van der Waals surface area contributed by atoms with Crippen LogP contribution in [0.1, 0.15) is 12.0 Å². The molecular formula is C8H6F2N2O2S2. The molecule has 0 aliphatic rings. The van der Waals surface area contributed by atoms with Crippen LogP contribution in [0.5, 0.6) is 0 Å². The summed E-state index contributed by atoms with van der Waals surface area (Å²) in [4.78, 5) is 0. The molecule has 0 saturated carbocycles. The maximum atomic E-state index is 11.7. The molecule has 1 aromatic heterocycles. The second-order valence-corrected chi connectivity index (χ2v) is 5.40. The fourth-order valence-electron chi connectivity index (χ4n) is 0.945. The molecule has 1 rings (SSSR count). The third-order valence-electron chi connectivity index (χ3n) is 1.64. The van der Waals surface area contributed by atoms with E-state index < -0.39 is 21.7 Å². The van der Waals surface area contributed by atoms with Gasteiger partial charge in [0.1, 0.15) is 11.6 Å². The van der Waals surface area contributed by atoms with Crippen molar-refractivity contribution in [3.05, 3.63) is 23.1 Å². The van der Waals surface area contributed by atoms with E-state index in [2.05, 4.69) is 4.37 Å². The molecule has 0 unspecified atom stereocenters. The molecule has 4 nitrogen and oxygen atoms in total. The maximum absolute atomic E-state index is 11.7. The van der Waals surface area contributed by atoms with E-state index in [1.165, 1.54) is 5.38 Å². The zero-order chi connectivity index (χ0) is 12.2. The number of sulfone groups is 1. The maximum Gasteiger partial charge on any atom is 0.266 e. The van der Waals surface area contributed by atoms with Crippen LogP contribution in [0, 0.1) is 11.3 Å². The Labute approximate surface area is 94.9 Å². The van der Waals surface area contributed by atoms with E-state index in [9.17, 15) is 17.2 Å². The van der Waals surface area contributed by atoms with Crippen LogP contribution in [0.15, 0.2) is 22.6 Å². The summed E-state index contributed by atoms with van der Waals surface area (Å²) in [6.45, 7) is 0. The molecule has 8 heteroatoms. The topological polar surface area (TPSA) is 70.8 Å². The van der Waals surface area contributed by atoms with Gasteiger partial charge in [-0.25, -0.2) is 8.42 Å². The second-order valence-electron chi connectivity index (χ2n) is 2.75. The first kappa shape index (κ1) is 12.7. The van der Waals surface area contributed by atoms with Gasteiger partial charge in [-0.15, -0.1) is 0 Å². The summed E-state index contributed by atoms with van der Waals surface area (Å²) in [6, 6.07) is 1.69. The Morgan fingerprint density at radius 2 is 2.31 bits per heavy atom. The number of hydrogen-bond acceptors (Lipinski definition) is 5. The normalized spacial score (nSPS) is 10.8. The van der Waals surface area contributed by atoms with Gasteiger partial charge in [-0.3, -0.25) is 0 Å². The van der Waals surface area contributed by atoms with Gasteiger partial charge >= 0.3 is 0 Å². The molecule has 86 valence electrons. The summed E-state index contributed by atoms with van der Waals surface area (Å²) >= 11 is 0.842. The van der Waals surface area contributed by atoms with E-state index in [0.29, 0.717) is 6.08 Å². The average Bonchev–Trinajstić information content (AvgIpc) is 2.64. The van der Waals surface area contributed by atoms with Gasteiger partial charge in [0.25, 0.3) is 6.08 Å². The predicted molar refractivity (Wildman–Crippen MR) is 53.8 cm³/mol. The average molecular weight is 264 g/mol. The molecule has 1 aromatic rings. The molecule has 0 aliphatic heterocycles. The lowest BCUT2D eigenvalue weighted by Crippen LogP contribution is -2.08. The first-order valence-electron chi connectivity index (χ1n) is 4.06. The standard InChI is InChI=1S/C8H6F2N2O2S2/c9-7(10)2-1-3-16(13,14)8-6(4-11)5-15-12-8/h2,5H,1,3H2. The summed E-state index contributed by atoms with van der Waals surface area (Å²) in [5.41, 5.74) is -0.0466. The van der Waals surface area contributed by atoms with Crippen LogP contribution in [-0.2, 0) is 9.84 Å². The Morgan fingerprint density at radius 1 is 1.62 bits per heavy atom. The first-order valence-corrected chi connectivity index (χ1v) is 6.54. The van der Waals surface area contributed by atoms with Crippen molar-refractivity contribution in [2.75, 3.05) is 5.75 Å². The minimum Gasteiger partial charge on any atom is -0.222 e. The highest BCUT2D eigenvalue weighted by Crippen LogP contribution is 2.18. The van der Waals surface area contributed by atoms with Gasteiger partial charge in [0.05, 0.1) is 5.75 Å². The van der Waals surface area contributed by atoms with Crippen molar-refractivity contribution >= 4 is 21.4 Å². The lowest BCUT2D eigenvalue weighted by Gasteiger charge is -1.98. The molecule has 0 aromatic carbocycles. The van der Waals surface area contributed by atoms with Crippen LogP contribution in [0.3, 0.4) is 0 Å². The molecule has 0 N–H and O–H groups in total. The monoisotopic (exact) mass is 264 g/mol. The van der Waals surface area contributed by atoms with E-state index >= 15 is 0 Å². The fraction of sp³-hybridized carbons (Fsp3) is 0.250. The van der Waals surface area contributed by atoms with Crippen LogP contribution < -0.4 is 0 Å². The molecular weight excluding hydrogens is 258 g/mol. The van der Waals surface area contributed by atoms with Crippen LogP contribution in [-0.4, -0.2) is 18.5 Å². The Bertz CT molecular complexity index is 539. The minimum atomic E-state index is -3.76. The lowest BCUT2D eigenvalue weighted by atomic mass is 10.4. The van der Waals surface area contributed by atoms with Crippen molar-refractivity contribution < 1.29 is 17.2 Å². The van der Waals surface area contributed by atoms with Gasteiger partial charge in [-0.1, -0.05) is 0 Å². The Hall–Kier alpha value is -1.33. The van der Waals surface area contributed by atoms with Gasteiger partial charge in [0, 0.05) is 5.38 Å². The third kappa shape index (κ3) is 3.08. The van der Waals surface area contributed by atoms with Crippen molar-refractivity contribution in [2.24, 2.45) is 0 Å². The number of rotatable bonds is 4. The first-order chi connectivity index (χ1) is 7.47. The molecule has 0 radical (unpaired) electrons. The fourth-order valence-corrected chi connectivity index (χ4v) is 3.18. The minimum absolute atomic E-state index is 0.0466. The van der Waals surface area contributed by atoms with Crippen LogP contribution in [0.2, 0.25) is 0 Å². The second kappa shape index (κ2) is 5.14. The molecule has 16 heavy (non-hydrogen) atoms. The number of nitrogens with zero attached hydrogens (tertiary/aromatic N) is 2. The third-order valence-corrected chi connectivity index (χ3v) is 4.06. The van der Waals surface area contributed by atoms with Gasteiger partial charge < -0.3 is 0 Å². The van der Waals surface area contributed by atoms with E-state index in [1.54, 1.807) is 6.07 Å². The number of allylic oxidation sites excluding steroid dienone is 1. The van der Waals surface area contributed by atoms with Crippen molar-refractivity contribution in [3.8, 4) is 6.07 Å². The van der Waals surface area contributed by atoms with Crippen molar-refractivity contribution in [2.45, 2.75) is 11.4 Å². The predicted octanol–water partition coefficient (Wildman–Crippen LogP) is 1.96. The highest BCUT2D eigenvalue weighted by molar-refractivity contribution is 7.91. The van der Waals surface area contributed by atoms with Gasteiger partial charge in [0.15, 0.2) is 14.9 Å². The van der Waals surface area contributed by atoms with Crippen molar-refractivity contribution in [3.63, 3.8) is 0 Å². The van der Waals surface area contributed by atoms with Crippen LogP contribution >= 0.6 is 11.5 Å².